The highest BCUT2D eigenvalue weighted by molar-refractivity contribution is 6.34. The number of carbonyl (C=O) groups is 5. The maximum Gasteiger partial charge on any atom is 0.375 e. The lowest BCUT2D eigenvalue weighted by molar-refractivity contribution is -0.155. The maximum absolute atomic E-state index is 11.2. The smallest absolute Gasteiger partial charge is 0.375 e. The lowest BCUT2D eigenvalue weighted by atomic mass is 10.2. The molecule has 3 atom stereocenters. The lowest BCUT2D eigenvalue weighted by Gasteiger charge is -2.06. The second-order valence-corrected chi connectivity index (χ2v) is 6.41. The van der Waals surface area contributed by atoms with Crippen LogP contribution in [0.2, 0.25) is 0 Å². The summed E-state index contributed by atoms with van der Waals surface area (Å²) in [5.41, 5.74) is 0.617. The average Bonchev–Trinajstić information content (AvgIpc) is 3.18. The maximum atomic E-state index is 11.2. The second-order valence-electron chi connectivity index (χ2n) is 6.41. The summed E-state index contributed by atoms with van der Waals surface area (Å²) in [6, 6.07) is 8.27. The molecule has 0 saturated carbocycles. The van der Waals surface area contributed by atoms with Crippen molar-refractivity contribution in [2.45, 2.75) is 44.4 Å². The zero-order chi connectivity index (χ0) is 24.7. The molecule has 1 aromatic carbocycles. The summed E-state index contributed by atoms with van der Waals surface area (Å²) in [4.78, 5) is 51.3. The Morgan fingerprint density at radius 1 is 1.09 bits per heavy atom. The number of carboxylic acids is 3. The van der Waals surface area contributed by atoms with E-state index in [1.165, 1.54) is 0 Å². The number of carbonyl (C=O) groups excluding carboxylic acids is 2. The molecule has 12 heteroatoms. The van der Waals surface area contributed by atoms with E-state index in [2.05, 4.69) is 5.32 Å². The fourth-order valence-electron chi connectivity index (χ4n) is 2.19. The molecule has 6 N–H and O–H groups in total. The highest BCUT2D eigenvalue weighted by Crippen LogP contribution is 2.05. The minimum absolute atomic E-state index is 0.238. The number of carboxylic acid groups (broad SMARTS) is 3. The number of aliphatic hydroxyl groups is 2. The molecule has 0 amide bonds. The van der Waals surface area contributed by atoms with Crippen molar-refractivity contribution in [3.05, 3.63) is 35.9 Å². The van der Waals surface area contributed by atoms with Crippen molar-refractivity contribution in [2.24, 2.45) is 0 Å². The van der Waals surface area contributed by atoms with Gasteiger partial charge in [0.1, 0.15) is 12.1 Å². The van der Waals surface area contributed by atoms with Crippen LogP contribution in [0.1, 0.15) is 36.5 Å². The number of ketones is 1. The van der Waals surface area contributed by atoms with E-state index < -0.39 is 48.4 Å². The van der Waals surface area contributed by atoms with Gasteiger partial charge < -0.3 is 35.6 Å². The van der Waals surface area contributed by atoms with Crippen LogP contribution in [0, 0.1) is 0 Å². The summed E-state index contributed by atoms with van der Waals surface area (Å²) in [5.74, 6) is -5.98. The summed E-state index contributed by atoms with van der Waals surface area (Å²) >= 11 is 0. The fraction of sp³-hybridized carbons (Fsp3) is 0.450. The summed E-state index contributed by atoms with van der Waals surface area (Å²) in [5, 5.41) is 44.5. The van der Waals surface area contributed by atoms with Crippen molar-refractivity contribution >= 4 is 29.7 Å². The molecule has 1 heterocycles. The molecular formula is C20H27NO11. The van der Waals surface area contributed by atoms with Gasteiger partial charge >= 0.3 is 23.9 Å². The fourth-order valence-corrected chi connectivity index (χ4v) is 2.19. The van der Waals surface area contributed by atoms with Gasteiger partial charge in [-0.15, -0.1) is 0 Å². The molecule has 1 aliphatic rings. The first-order chi connectivity index (χ1) is 15.0. The predicted octanol–water partition coefficient (Wildman–Crippen LogP) is -0.477. The largest absolute Gasteiger partial charge is 0.481 e. The van der Waals surface area contributed by atoms with Gasteiger partial charge in [0, 0.05) is 0 Å². The number of hydrogen-bond acceptors (Lipinski definition) is 9. The summed E-state index contributed by atoms with van der Waals surface area (Å²) in [7, 11) is 0. The van der Waals surface area contributed by atoms with Crippen molar-refractivity contribution in [3.63, 3.8) is 0 Å². The molecule has 1 saturated heterocycles. The van der Waals surface area contributed by atoms with Crippen LogP contribution in [0.15, 0.2) is 30.3 Å². The zero-order valence-corrected chi connectivity index (χ0v) is 17.3. The Hall–Kier alpha value is -3.35. The number of rotatable bonds is 8. The van der Waals surface area contributed by atoms with E-state index in [0.717, 1.165) is 6.42 Å². The lowest BCUT2D eigenvalue weighted by Crippen LogP contribution is -2.38. The van der Waals surface area contributed by atoms with Crippen LogP contribution in [0.25, 0.3) is 0 Å². The zero-order valence-electron chi connectivity index (χ0n) is 17.3. The van der Waals surface area contributed by atoms with Crippen molar-refractivity contribution in [1.82, 2.24) is 5.32 Å². The molecule has 1 fully saturated rings. The minimum Gasteiger partial charge on any atom is -0.481 e. The van der Waals surface area contributed by atoms with Gasteiger partial charge in [0.05, 0.1) is 24.7 Å². The molecule has 0 bridgehead atoms. The number of ether oxygens (including phenoxy) is 1. The Balaban J connectivity index is 0.000000455. The molecule has 0 aromatic heterocycles. The minimum atomic E-state index is -1.95. The van der Waals surface area contributed by atoms with Gasteiger partial charge in [-0.2, -0.15) is 0 Å². The number of benzene rings is 1. The van der Waals surface area contributed by atoms with E-state index in [9.17, 15) is 24.0 Å². The third kappa shape index (κ3) is 11.7. The van der Waals surface area contributed by atoms with Crippen LogP contribution in [0.5, 0.6) is 0 Å². The van der Waals surface area contributed by atoms with E-state index in [1.807, 2.05) is 25.1 Å². The van der Waals surface area contributed by atoms with Gasteiger partial charge in [-0.25, -0.2) is 9.59 Å². The highest BCUT2D eigenvalue weighted by atomic mass is 16.5. The summed E-state index contributed by atoms with van der Waals surface area (Å²) in [6.07, 6.45) is -2.15. The van der Waals surface area contributed by atoms with Gasteiger partial charge in [0.15, 0.2) is 0 Å². The van der Waals surface area contributed by atoms with Gasteiger partial charge in [-0.3, -0.25) is 14.4 Å². The van der Waals surface area contributed by atoms with Crippen molar-refractivity contribution in [2.75, 3.05) is 13.2 Å². The van der Waals surface area contributed by atoms with Crippen LogP contribution >= 0.6 is 0 Å². The number of esters is 1. The number of aliphatic carboxylic acids is 3. The molecule has 0 aliphatic carbocycles. The predicted molar refractivity (Wildman–Crippen MR) is 108 cm³/mol. The molecule has 12 nitrogen and oxygen atoms in total. The molecule has 0 radical (unpaired) electrons. The third-order valence-corrected chi connectivity index (χ3v) is 3.78. The third-order valence-electron chi connectivity index (χ3n) is 3.78. The summed E-state index contributed by atoms with van der Waals surface area (Å²) < 4.78 is 4.94. The van der Waals surface area contributed by atoms with Crippen LogP contribution < -0.4 is 5.32 Å². The molecular weight excluding hydrogens is 430 g/mol. The topological polar surface area (TPSA) is 208 Å². The first-order valence-corrected chi connectivity index (χ1v) is 9.54. The van der Waals surface area contributed by atoms with Gasteiger partial charge in [-0.1, -0.05) is 25.1 Å². The van der Waals surface area contributed by atoms with E-state index in [1.54, 1.807) is 12.1 Å². The number of Topliss-reactive ketones (excluding diaryl/α,β-unsaturated/α-hetero) is 1. The van der Waals surface area contributed by atoms with Crippen LogP contribution in [0.3, 0.4) is 0 Å². The van der Waals surface area contributed by atoms with E-state index in [0.29, 0.717) is 25.1 Å². The molecule has 0 spiro atoms. The Morgan fingerprint density at radius 3 is 2.06 bits per heavy atom. The van der Waals surface area contributed by atoms with E-state index in [4.69, 9.17) is 30.3 Å². The average molecular weight is 457 g/mol. The SMILES string of the molecule is CCCOC(=O)c1ccccc1.O=C(O)CC(O)C(=O)C(=O)O.O=C(O)[C@H]1NCCC1O. The van der Waals surface area contributed by atoms with Crippen molar-refractivity contribution in [1.29, 1.82) is 0 Å². The van der Waals surface area contributed by atoms with Crippen LogP contribution in [-0.2, 0) is 23.9 Å². The summed E-state index contributed by atoms with van der Waals surface area (Å²) in [6.45, 7) is 3.06. The van der Waals surface area contributed by atoms with Crippen molar-refractivity contribution < 1.29 is 54.2 Å². The Bertz CT molecular complexity index is 766. The number of nitrogens with one attached hydrogen (secondary N) is 1. The molecule has 1 aliphatic heterocycles. The van der Waals surface area contributed by atoms with Crippen LogP contribution in [-0.4, -0.2) is 86.6 Å². The van der Waals surface area contributed by atoms with Gasteiger partial charge in [-0.05, 0) is 31.5 Å². The quantitative estimate of drug-likeness (QED) is 0.216. The first-order valence-electron chi connectivity index (χ1n) is 9.54. The Morgan fingerprint density at radius 2 is 1.69 bits per heavy atom. The van der Waals surface area contributed by atoms with E-state index in [-0.39, 0.29) is 5.97 Å². The Labute approximate surface area is 183 Å². The van der Waals surface area contributed by atoms with Crippen LogP contribution in [0.4, 0.5) is 0 Å². The second kappa shape index (κ2) is 15.5. The van der Waals surface area contributed by atoms with E-state index >= 15 is 0 Å². The molecule has 2 rings (SSSR count). The molecule has 32 heavy (non-hydrogen) atoms. The number of hydrogen-bond donors (Lipinski definition) is 6. The first kappa shape index (κ1) is 28.6. The Kier molecular flexibility index (Phi) is 13.8. The monoisotopic (exact) mass is 457 g/mol. The standard InChI is InChI=1S/C10H12O2.C5H9NO3.C5H6O6/c1-2-8-12-10(11)9-6-4-3-5-7-9;7-3-1-2-6-4(3)5(8)9;6-2(1-3(7)8)4(9)5(10)11/h3-7H,2,8H2,1H3;3-4,6-7H,1-2H2,(H,8,9);2,6H,1H2,(H,7,8)(H,10,11)/t;3?,4-;/m.0./s1. The number of aliphatic hydroxyl groups excluding tert-OH is 2. The van der Waals surface area contributed by atoms with Gasteiger partial charge in [0.25, 0.3) is 5.78 Å². The van der Waals surface area contributed by atoms with Gasteiger partial charge in [0.2, 0.25) is 0 Å². The molecule has 1 aromatic rings. The normalized spacial score (nSPS) is 17.5. The molecule has 2 unspecified atom stereocenters. The molecule has 178 valence electrons. The highest BCUT2D eigenvalue weighted by Gasteiger charge is 2.30. The van der Waals surface area contributed by atoms with Crippen molar-refractivity contribution in [3.8, 4) is 0 Å².